The van der Waals surface area contributed by atoms with E-state index in [4.69, 9.17) is 0 Å². The molecule has 0 radical (unpaired) electrons. The van der Waals surface area contributed by atoms with Gasteiger partial charge in [0.25, 0.3) is 5.91 Å². The van der Waals surface area contributed by atoms with Crippen LogP contribution in [0.3, 0.4) is 0 Å². The van der Waals surface area contributed by atoms with Crippen molar-refractivity contribution in [2.45, 2.75) is 63.3 Å². The van der Waals surface area contributed by atoms with Crippen LogP contribution in [0.4, 0.5) is 26.7 Å². The van der Waals surface area contributed by atoms with Crippen molar-refractivity contribution in [3.05, 3.63) is 52.4 Å². The second-order valence-electron chi connectivity index (χ2n) is 9.85. The number of fused-ring (bicyclic) bond motifs is 1. The van der Waals surface area contributed by atoms with Crippen molar-refractivity contribution in [2.75, 3.05) is 6.54 Å². The van der Waals surface area contributed by atoms with E-state index in [0.29, 0.717) is 28.2 Å². The Bertz CT molecular complexity index is 1350. The van der Waals surface area contributed by atoms with Crippen LogP contribution < -0.4 is 10.6 Å². The number of urea groups is 1. The van der Waals surface area contributed by atoms with E-state index >= 15 is 0 Å². The third kappa shape index (κ3) is 5.45. The number of aryl methyl sites for hydroxylation is 1. The van der Waals surface area contributed by atoms with Crippen LogP contribution in [0.1, 0.15) is 59.0 Å². The fourth-order valence-electron chi connectivity index (χ4n) is 4.98. The molecule has 3 aromatic heterocycles. The smallest absolute Gasteiger partial charge is 0.343 e. The number of nitrogens with zero attached hydrogens (tertiary/aromatic N) is 4. The molecule has 1 unspecified atom stereocenters. The highest BCUT2D eigenvalue weighted by molar-refractivity contribution is 7.03. The van der Waals surface area contributed by atoms with Crippen LogP contribution in [0.25, 0.3) is 5.65 Å². The van der Waals surface area contributed by atoms with Gasteiger partial charge >= 0.3 is 12.2 Å². The summed E-state index contributed by atoms with van der Waals surface area (Å²) in [7, 11) is 0. The van der Waals surface area contributed by atoms with Crippen molar-refractivity contribution in [1.29, 1.82) is 0 Å². The number of alkyl halides is 5. The Morgan fingerprint density at radius 1 is 1.32 bits per heavy atom. The van der Waals surface area contributed by atoms with Gasteiger partial charge in [-0.15, -0.1) is 0 Å². The van der Waals surface area contributed by atoms with Gasteiger partial charge in [-0.3, -0.25) is 4.79 Å². The minimum atomic E-state index is -4.54. The van der Waals surface area contributed by atoms with E-state index in [1.165, 1.54) is 0 Å². The predicted molar refractivity (Wildman–Crippen MR) is 128 cm³/mol. The number of pyridine rings is 1. The maximum atomic E-state index is 13.9. The fourth-order valence-corrected chi connectivity index (χ4v) is 5.67. The molecule has 8 nitrogen and oxygen atoms in total. The molecule has 3 amide bonds. The van der Waals surface area contributed by atoms with Crippen LogP contribution in [-0.4, -0.2) is 55.3 Å². The second kappa shape index (κ2) is 9.79. The summed E-state index contributed by atoms with van der Waals surface area (Å²) < 4.78 is 72.6. The molecular formula is C24H25F5N6O2S. The lowest BCUT2D eigenvalue weighted by Gasteiger charge is -2.33. The molecule has 3 aromatic rings. The molecule has 2 fully saturated rings. The molecule has 4 heterocycles. The third-order valence-corrected chi connectivity index (χ3v) is 7.85. The zero-order valence-electron chi connectivity index (χ0n) is 20.3. The van der Waals surface area contributed by atoms with E-state index in [1.807, 2.05) is 5.32 Å². The molecule has 1 saturated heterocycles. The lowest BCUT2D eigenvalue weighted by molar-refractivity contribution is -0.149. The first kappa shape index (κ1) is 26.3. The maximum Gasteiger partial charge on any atom is 0.410 e. The number of aromatic nitrogens is 3. The van der Waals surface area contributed by atoms with E-state index in [2.05, 4.69) is 14.7 Å². The van der Waals surface area contributed by atoms with E-state index in [1.54, 1.807) is 41.2 Å². The van der Waals surface area contributed by atoms with Gasteiger partial charge in [-0.1, -0.05) is 0 Å². The summed E-state index contributed by atoms with van der Waals surface area (Å²) in [6.07, 6.45) is -1.30. The Kier molecular flexibility index (Phi) is 6.78. The van der Waals surface area contributed by atoms with E-state index in [-0.39, 0.29) is 44.1 Å². The Labute approximate surface area is 218 Å². The Hall–Kier alpha value is -3.29. The number of carbonyl (C=O) groups excluding carboxylic acids is 2. The molecule has 1 aliphatic carbocycles. The number of amides is 3. The van der Waals surface area contributed by atoms with Crippen molar-refractivity contribution in [3.8, 4) is 0 Å². The monoisotopic (exact) mass is 556 g/mol. The number of halogens is 5. The Morgan fingerprint density at radius 3 is 2.68 bits per heavy atom. The molecule has 2 atom stereocenters. The summed E-state index contributed by atoms with van der Waals surface area (Å²) in [6, 6.07) is -0.0316. The topological polar surface area (TPSA) is 91.6 Å². The molecule has 0 spiro atoms. The second-order valence-corrected chi connectivity index (χ2v) is 10.5. The minimum Gasteiger partial charge on any atom is -0.343 e. The number of imidazole rings is 1. The Balaban J connectivity index is 1.38. The van der Waals surface area contributed by atoms with Crippen LogP contribution in [0, 0.1) is 12.8 Å². The molecule has 0 aromatic carbocycles. The lowest BCUT2D eigenvalue weighted by Crippen LogP contribution is -2.40. The maximum absolute atomic E-state index is 13.9. The normalized spacial score (nSPS) is 21.1. The highest BCUT2D eigenvalue weighted by Gasteiger charge is 2.46. The molecule has 0 bridgehead atoms. The van der Waals surface area contributed by atoms with Crippen LogP contribution >= 0.6 is 11.5 Å². The van der Waals surface area contributed by atoms with Crippen LogP contribution in [0.15, 0.2) is 29.9 Å². The van der Waals surface area contributed by atoms with Gasteiger partial charge in [0, 0.05) is 37.2 Å². The van der Waals surface area contributed by atoms with Gasteiger partial charge in [0.2, 0.25) is 5.92 Å². The molecule has 38 heavy (non-hydrogen) atoms. The SMILES string of the molecule is Cc1nscc1C(=O)NC(c1cn2ccc(CN3C[C@@H](C(F)(F)F)NC3=O)cc2n1)C1CCC(F)(F)CC1. The third-order valence-electron chi connectivity index (χ3n) is 7.13. The van der Waals surface area contributed by atoms with E-state index in [9.17, 15) is 31.5 Å². The molecule has 5 rings (SSSR count). The van der Waals surface area contributed by atoms with Gasteiger partial charge in [-0.2, -0.15) is 17.5 Å². The number of hydrogen-bond acceptors (Lipinski definition) is 5. The number of nitrogens with one attached hydrogen (secondary N) is 2. The standard InChI is InChI=1S/C24H25F5N6O2S/c1-13-16(12-38-33-13)21(36)32-20(15-2-5-23(25,26)6-3-15)17-10-34-7-4-14(8-19(34)30-17)9-35-11-18(24(27,28)29)31-22(35)37/h4,7-8,10,12,15,18,20H,2-3,5-6,9,11H2,1H3,(H,31,37)(H,32,36)/t18-,20?/m0/s1. The predicted octanol–water partition coefficient (Wildman–Crippen LogP) is 4.85. The van der Waals surface area contributed by atoms with Crippen molar-refractivity contribution in [2.24, 2.45) is 5.92 Å². The summed E-state index contributed by atoms with van der Waals surface area (Å²) in [4.78, 5) is 30.8. The van der Waals surface area contributed by atoms with Gasteiger partial charge in [0.15, 0.2) is 0 Å². The van der Waals surface area contributed by atoms with Gasteiger partial charge in [0.1, 0.15) is 11.7 Å². The largest absolute Gasteiger partial charge is 0.410 e. The average molecular weight is 557 g/mol. The summed E-state index contributed by atoms with van der Waals surface area (Å²) >= 11 is 1.15. The van der Waals surface area contributed by atoms with Crippen molar-refractivity contribution in [3.63, 3.8) is 0 Å². The average Bonchev–Trinajstić information content (AvgIpc) is 3.56. The number of hydrogen-bond donors (Lipinski definition) is 2. The molecule has 1 saturated carbocycles. The van der Waals surface area contributed by atoms with Crippen LogP contribution in [0.2, 0.25) is 0 Å². The molecule has 14 heteroatoms. The van der Waals surface area contributed by atoms with Crippen molar-refractivity contribution < 1.29 is 31.5 Å². The first-order chi connectivity index (χ1) is 17.9. The van der Waals surface area contributed by atoms with E-state index in [0.717, 1.165) is 16.4 Å². The fraction of sp³-hybridized carbons (Fsp3) is 0.500. The van der Waals surface area contributed by atoms with Gasteiger partial charge in [-0.05, 0) is 54.9 Å². The molecule has 1 aliphatic heterocycles. The first-order valence-electron chi connectivity index (χ1n) is 12.1. The minimum absolute atomic E-state index is 0.0423. The number of rotatable bonds is 6. The van der Waals surface area contributed by atoms with Gasteiger partial charge in [-0.25, -0.2) is 18.6 Å². The Morgan fingerprint density at radius 2 is 2.05 bits per heavy atom. The zero-order chi connectivity index (χ0) is 27.2. The van der Waals surface area contributed by atoms with Crippen molar-refractivity contribution in [1.82, 2.24) is 29.3 Å². The van der Waals surface area contributed by atoms with Crippen molar-refractivity contribution >= 4 is 29.1 Å². The summed E-state index contributed by atoms with van der Waals surface area (Å²) in [5, 5.41) is 6.54. The lowest BCUT2D eigenvalue weighted by atomic mass is 9.81. The van der Waals surface area contributed by atoms with Crippen LogP contribution in [-0.2, 0) is 6.54 Å². The highest BCUT2D eigenvalue weighted by atomic mass is 32.1. The molecule has 2 aliphatic rings. The molecular weight excluding hydrogens is 531 g/mol. The van der Waals surface area contributed by atoms with Gasteiger partial charge in [0.05, 0.1) is 29.5 Å². The molecule has 204 valence electrons. The van der Waals surface area contributed by atoms with Crippen LogP contribution in [0.5, 0.6) is 0 Å². The summed E-state index contributed by atoms with van der Waals surface area (Å²) in [5.74, 6) is -3.36. The molecule has 2 N–H and O–H groups in total. The summed E-state index contributed by atoms with van der Waals surface area (Å²) in [6.45, 7) is 1.18. The first-order valence-corrected chi connectivity index (χ1v) is 12.9. The summed E-state index contributed by atoms with van der Waals surface area (Å²) in [5.41, 5.74) is 2.50. The quantitative estimate of drug-likeness (QED) is 0.425. The van der Waals surface area contributed by atoms with E-state index < -0.39 is 36.8 Å². The van der Waals surface area contributed by atoms with Gasteiger partial charge < -0.3 is 19.9 Å². The zero-order valence-corrected chi connectivity index (χ0v) is 21.1. The highest BCUT2D eigenvalue weighted by Crippen LogP contribution is 2.41. The number of carbonyl (C=O) groups is 2.